The summed E-state index contributed by atoms with van der Waals surface area (Å²) in [6.07, 6.45) is 10.9. The zero-order chi connectivity index (χ0) is 37.0. The van der Waals surface area contributed by atoms with E-state index in [2.05, 4.69) is 25.8 Å². The van der Waals surface area contributed by atoms with Crippen molar-refractivity contribution in [3.63, 3.8) is 0 Å². The van der Waals surface area contributed by atoms with Gasteiger partial charge >= 0.3 is 6.01 Å². The van der Waals surface area contributed by atoms with Crippen LogP contribution >= 0.6 is 11.6 Å². The fraction of sp³-hybridized carbons (Fsp3) is 0.575. The molecule has 0 radical (unpaired) electrons. The number of aromatic nitrogens is 3. The van der Waals surface area contributed by atoms with E-state index in [4.69, 9.17) is 26.1 Å². The Kier molecular flexibility index (Phi) is 9.66. The molecular formula is C40H45ClF2N8O3. The molecule has 54 heavy (non-hydrogen) atoms. The van der Waals surface area contributed by atoms with Crippen LogP contribution in [0.3, 0.4) is 0 Å². The number of piperazine rings is 1. The summed E-state index contributed by atoms with van der Waals surface area (Å²) in [5.74, 6) is -0.0648. The number of ether oxygens (including phenoxy) is 2. The number of rotatable bonds is 10. The smallest absolute Gasteiger partial charge is 0.319 e. The summed E-state index contributed by atoms with van der Waals surface area (Å²) in [7, 11) is 0. The number of anilines is 1. The van der Waals surface area contributed by atoms with Crippen molar-refractivity contribution < 1.29 is 23.0 Å². The van der Waals surface area contributed by atoms with Gasteiger partial charge in [0.05, 0.1) is 42.2 Å². The fourth-order valence-corrected chi connectivity index (χ4v) is 9.88. The lowest BCUT2D eigenvalue weighted by Crippen LogP contribution is -2.55. The number of hydrogen-bond acceptors (Lipinski definition) is 10. The van der Waals surface area contributed by atoms with Gasteiger partial charge in [0, 0.05) is 74.6 Å². The lowest BCUT2D eigenvalue weighted by atomic mass is 9.95. The van der Waals surface area contributed by atoms with Crippen LogP contribution in [0.25, 0.3) is 22.2 Å². The van der Waals surface area contributed by atoms with Crippen LogP contribution in [-0.4, -0.2) is 124 Å². The second-order valence-electron chi connectivity index (χ2n) is 15.9. The maximum atomic E-state index is 16.9. The molecular weight excluding hydrogens is 714 g/mol. The summed E-state index contributed by atoms with van der Waals surface area (Å²) < 4.78 is 43.7. The SMILES string of the molecule is N#CC[C@H]1CN(c2nc(OC[C@@]34CCCN3C[C@H](F)C4)nc3c(F)c(-c4cccc(Cl)c4C4CC4)ncc23)CCN1C(=O)/C=C/CN1CC2CCC1CO2. The molecule has 1 aliphatic carbocycles. The Morgan fingerprint density at radius 3 is 2.81 bits per heavy atom. The van der Waals surface area contributed by atoms with Gasteiger partial charge in [0.1, 0.15) is 29.8 Å². The molecule has 10 rings (SSSR count). The van der Waals surface area contributed by atoms with Gasteiger partial charge in [-0.3, -0.25) is 19.6 Å². The average molecular weight is 759 g/mol. The minimum Gasteiger partial charge on any atom is -0.461 e. The van der Waals surface area contributed by atoms with Crippen LogP contribution in [0.2, 0.25) is 5.02 Å². The molecule has 8 heterocycles. The highest BCUT2D eigenvalue weighted by Gasteiger charge is 2.49. The van der Waals surface area contributed by atoms with Crippen molar-refractivity contribution >= 4 is 34.2 Å². The van der Waals surface area contributed by atoms with E-state index in [1.54, 1.807) is 23.2 Å². The summed E-state index contributed by atoms with van der Waals surface area (Å²) in [6.45, 7) is 4.72. The number of carbonyl (C=O) groups excluding carboxylic acids is 1. The highest BCUT2D eigenvalue weighted by molar-refractivity contribution is 6.32. The topological polar surface area (TPSA) is 111 Å². The van der Waals surface area contributed by atoms with Crippen LogP contribution in [0.15, 0.2) is 36.5 Å². The third-order valence-corrected chi connectivity index (χ3v) is 12.8. The number of benzene rings is 1. The predicted molar refractivity (Wildman–Crippen MR) is 200 cm³/mol. The molecule has 3 aromatic rings. The summed E-state index contributed by atoms with van der Waals surface area (Å²) in [5.41, 5.74) is 1.31. The number of carbonyl (C=O) groups is 1. The molecule has 2 aromatic heterocycles. The Morgan fingerprint density at radius 2 is 2.04 bits per heavy atom. The van der Waals surface area contributed by atoms with Crippen LogP contribution < -0.4 is 9.64 Å². The van der Waals surface area contributed by atoms with E-state index in [-0.39, 0.29) is 48.2 Å². The van der Waals surface area contributed by atoms with Crippen LogP contribution in [0.4, 0.5) is 14.6 Å². The quantitative estimate of drug-likeness (QED) is 0.240. The lowest BCUT2D eigenvalue weighted by Gasteiger charge is -2.44. The van der Waals surface area contributed by atoms with Crippen molar-refractivity contribution in [1.29, 1.82) is 5.26 Å². The molecule has 7 aliphatic rings. The number of morpholine rings is 1. The molecule has 6 saturated heterocycles. The molecule has 1 amide bonds. The Bertz CT molecular complexity index is 2000. The zero-order valence-corrected chi connectivity index (χ0v) is 31.1. The van der Waals surface area contributed by atoms with Crippen LogP contribution in [-0.2, 0) is 9.53 Å². The van der Waals surface area contributed by atoms with Crippen molar-refractivity contribution in [2.75, 3.05) is 63.9 Å². The first-order valence-electron chi connectivity index (χ1n) is 19.4. The molecule has 11 nitrogen and oxygen atoms in total. The highest BCUT2D eigenvalue weighted by Crippen LogP contribution is 2.48. The third-order valence-electron chi connectivity index (χ3n) is 12.5. The number of nitriles is 1. The molecule has 2 bridgehead atoms. The van der Waals surface area contributed by atoms with Gasteiger partial charge in [0.2, 0.25) is 5.91 Å². The third kappa shape index (κ3) is 6.69. The molecule has 0 spiro atoms. The number of pyridine rings is 1. The van der Waals surface area contributed by atoms with Crippen LogP contribution in [0.5, 0.6) is 6.01 Å². The second kappa shape index (κ2) is 14.6. The van der Waals surface area contributed by atoms with E-state index in [9.17, 15) is 14.4 Å². The Hall–Kier alpha value is -3.96. The maximum Gasteiger partial charge on any atom is 0.319 e. The number of amides is 1. The molecule has 284 valence electrons. The lowest BCUT2D eigenvalue weighted by molar-refractivity contribution is -0.128. The summed E-state index contributed by atoms with van der Waals surface area (Å²) >= 11 is 6.65. The van der Waals surface area contributed by atoms with E-state index >= 15 is 4.39 Å². The molecule has 14 heteroatoms. The van der Waals surface area contributed by atoms with Crippen LogP contribution in [0, 0.1) is 17.1 Å². The van der Waals surface area contributed by atoms with Crippen molar-refractivity contribution in [2.24, 2.45) is 0 Å². The summed E-state index contributed by atoms with van der Waals surface area (Å²) in [5, 5.41) is 10.8. The Morgan fingerprint density at radius 1 is 1.15 bits per heavy atom. The van der Waals surface area contributed by atoms with Gasteiger partial charge in [-0.1, -0.05) is 29.8 Å². The Balaban J connectivity index is 1.02. The summed E-state index contributed by atoms with van der Waals surface area (Å²) in [4.78, 5) is 36.0. The van der Waals surface area contributed by atoms with Gasteiger partial charge in [-0.05, 0) is 62.6 Å². The van der Waals surface area contributed by atoms with Crippen molar-refractivity contribution in [3.8, 4) is 23.3 Å². The maximum absolute atomic E-state index is 16.9. The molecule has 0 N–H and O–H groups in total. The first kappa shape index (κ1) is 35.7. The van der Waals surface area contributed by atoms with Crippen molar-refractivity contribution in [3.05, 3.63) is 53.0 Å². The first-order chi connectivity index (χ1) is 26.3. The first-order valence-corrected chi connectivity index (χ1v) is 19.8. The number of hydrogen-bond donors (Lipinski definition) is 0. The van der Waals surface area contributed by atoms with Gasteiger partial charge in [-0.15, -0.1) is 0 Å². The number of piperidine rings is 1. The van der Waals surface area contributed by atoms with Gasteiger partial charge < -0.3 is 19.3 Å². The van der Waals surface area contributed by atoms with Crippen LogP contribution in [0.1, 0.15) is 62.8 Å². The minimum atomic E-state index is -0.924. The van der Waals surface area contributed by atoms with E-state index in [1.165, 1.54) is 0 Å². The molecule has 2 unspecified atom stereocenters. The van der Waals surface area contributed by atoms with Gasteiger partial charge in [0.25, 0.3) is 0 Å². The standard InChI is InChI=1S/C40H45ClF2N8O3/c41-32-5-1-4-30(34(32)25-7-8-25)36-35(43)37-31(19-45-36)38(47-39(46-37)54-24-40-12-3-15-50(40)20-26(42)18-40)49-16-17-51(27(21-49)11-13-44)33(52)6-2-14-48-22-29-10-9-28(48)23-53-29/h1-2,4-6,19,25-29H,3,7-12,14-18,20-24H2/b6-2+/t26-,27+,28?,29?,40+/m1/s1. The second-order valence-corrected chi connectivity index (χ2v) is 16.3. The van der Waals surface area contributed by atoms with E-state index in [1.807, 2.05) is 23.1 Å². The average Bonchev–Trinajstić information content (AvgIpc) is 3.87. The van der Waals surface area contributed by atoms with E-state index in [0.717, 1.165) is 63.8 Å². The van der Waals surface area contributed by atoms with E-state index in [0.29, 0.717) is 67.0 Å². The minimum absolute atomic E-state index is 0.000630. The number of fused-ring (bicyclic) bond motifs is 5. The number of nitrogens with zero attached hydrogens (tertiary/aromatic N) is 8. The van der Waals surface area contributed by atoms with Gasteiger partial charge in [0.15, 0.2) is 5.82 Å². The Labute approximate surface area is 318 Å². The van der Waals surface area contributed by atoms with Gasteiger partial charge in [-0.2, -0.15) is 15.2 Å². The molecule has 7 fully saturated rings. The van der Waals surface area contributed by atoms with Crippen molar-refractivity contribution in [2.45, 2.75) is 87.2 Å². The molecule has 5 atom stereocenters. The van der Waals surface area contributed by atoms with Gasteiger partial charge in [-0.25, -0.2) is 8.78 Å². The fourth-order valence-electron chi connectivity index (χ4n) is 9.55. The number of halogens is 3. The monoisotopic (exact) mass is 758 g/mol. The molecule has 6 aliphatic heterocycles. The summed E-state index contributed by atoms with van der Waals surface area (Å²) in [6, 6.07) is 7.70. The number of alkyl halides is 1. The van der Waals surface area contributed by atoms with E-state index < -0.39 is 23.6 Å². The largest absolute Gasteiger partial charge is 0.461 e. The molecule has 1 saturated carbocycles. The zero-order valence-electron chi connectivity index (χ0n) is 30.3. The van der Waals surface area contributed by atoms with Crippen molar-refractivity contribution in [1.82, 2.24) is 29.7 Å². The predicted octanol–water partition coefficient (Wildman–Crippen LogP) is 5.67. The highest BCUT2D eigenvalue weighted by atomic mass is 35.5. The normalized spacial score (nSPS) is 28.6. The molecule has 1 aromatic carbocycles.